The van der Waals surface area contributed by atoms with Gasteiger partial charge in [0.2, 0.25) is 0 Å². The normalized spacial score (nSPS) is 12.8. The van der Waals surface area contributed by atoms with E-state index in [9.17, 15) is 17.8 Å². The second-order valence-corrected chi connectivity index (χ2v) is 13.0. The number of hydrogen-bond acceptors (Lipinski definition) is 5. The Hall–Kier alpha value is -2.22. The molecule has 7 heteroatoms. The zero-order chi connectivity index (χ0) is 24.9. The van der Waals surface area contributed by atoms with Gasteiger partial charge in [-0.3, -0.25) is 4.79 Å². The molecule has 1 aromatic heterocycles. The van der Waals surface area contributed by atoms with Crippen LogP contribution >= 0.6 is 10.5 Å². The van der Waals surface area contributed by atoms with E-state index < -0.39 is 27.3 Å². The highest BCUT2D eigenvalue weighted by atomic mass is 32.2. The van der Waals surface area contributed by atoms with E-state index in [0.717, 1.165) is 0 Å². The van der Waals surface area contributed by atoms with Crippen molar-refractivity contribution in [2.75, 3.05) is 12.4 Å². The first-order valence-electron chi connectivity index (χ1n) is 11.0. The molecule has 1 unspecified atom stereocenters. The van der Waals surface area contributed by atoms with Gasteiger partial charge >= 0.3 is 5.97 Å². The fraction of sp³-hybridized carbons (Fsp3) is 0.423. The number of fused-ring (bicyclic) bond motifs is 1. The van der Waals surface area contributed by atoms with Crippen molar-refractivity contribution in [3.05, 3.63) is 65.5 Å². The van der Waals surface area contributed by atoms with Gasteiger partial charge in [-0.25, -0.2) is 8.42 Å². The van der Waals surface area contributed by atoms with Crippen LogP contribution in [-0.2, 0) is 25.1 Å². The highest BCUT2D eigenvalue weighted by Gasteiger charge is 2.26. The van der Waals surface area contributed by atoms with Crippen LogP contribution in [0, 0.1) is 5.41 Å². The van der Waals surface area contributed by atoms with Gasteiger partial charge in [0.1, 0.15) is 12.0 Å². The Bertz CT molecular complexity index is 1170. The Labute approximate surface area is 200 Å². The van der Waals surface area contributed by atoms with Crippen LogP contribution in [-0.4, -0.2) is 31.3 Å². The summed E-state index contributed by atoms with van der Waals surface area (Å²) < 4.78 is 36.7. The molecule has 0 aliphatic carbocycles. The molecular weight excluding hydrogens is 456 g/mol. The van der Waals surface area contributed by atoms with E-state index in [4.69, 9.17) is 0 Å². The highest BCUT2D eigenvalue weighted by Crippen LogP contribution is 2.40. The van der Waals surface area contributed by atoms with Gasteiger partial charge in [-0.05, 0) is 55.5 Å². The van der Waals surface area contributed by atoms with Gasteiger partial charge in [-0.15, -0.1) is 0 Å². The first-order valence-corrected chi connectivity index (χ1v) is 13.8. The van der Waals surface area contributed by atoms with Crippen LogP contribution in [0.3, 0.4) is 0 Å². The summed E-state index contributed by atoms with van der Waals surface area (Å²) in [4.78, 5) is 12.7. The van der Waals surface area contributed by atoms with Crippen molar-refractivity contribution in [2.24, 2.45) is 5.41 Å². The average Bonchev–Trinajstić information content (AvgIpc) is 3.17. The summed E-state index contributed by atoms with van der Waals surface area (Å²) in [5.41, 5.74) is 0.994. The molecular formula is C26H34O5S2. The summed E-state index contributed by atoms with van der Waals surface area (Å²) in [6, 6.07) is 20.1. The lowest BCUT2D eigenvalue weighted by molar-refractivity contribution is -0.153. The van der Waals surface area contributed by atoms with E-state index in [-0.39, 0.29) is 22.5 Å². The predicted molar refractivity (Wildman–Crippen MR) is 136 cm³/mol. The van der Waals surface area contributed by atoms with Gasteiger partial charge in [0.05, 0.1) is 21.3 Å². The lowest BCUT2D eigenvalue weighted by Crippen LogP contribution is -2.27. The van der Waals surface area contributed by atoms with Crippen LogP contribution in [0.1, 0.15) is 53.5 Å². The lowest BCUT2D eigenvalue weighted by Gasteiger charge is -2.20. The number of carbonyl (C=O) groups excluding carboxylic acids is 1. The van der Waals surface area contributed by atoms with Crippen LogP contribution in [0.25, 0.3) is 15.0 Å². The molecule has 0 fully saturated rings. The lowest BCUT2D eigenvalue weighted by atomic mass is 9.87. The highest BCUT2D eigenvalue weighted by molar-refractivity contribution is 7.85. The molecule has 0 bridgehead atoms. The van der Waals surface area contributed by atoms with E-state index in [0.29, 0.717) is 6.42 Å². The third kappa shape index (κ3) is 7.95. The smallest absolute Gasteiger partial charge is 0.311 e. The predicted octanol–water partition coefficient (Wildman–Crippen LogP) is 6.39. The molecule has 33 heavy (non-hydrogen) atoms. The molecule has 0 saturated carbocycles. The first kappa shape index (κ1) is 27.0. The largest absolute Gasteiger partial charge is 0.748 e. The minimum absolute atomic E-state index is 0.119. The van der Waals surface area contributed by atoms with Gasteiger partial charge in [-0.2, -0.15) is 0 Å². The molecule has 0 amide bonds. The Kier molecular flexibility index (Phi) is 8.85. The maximum absolute atomic E-state index is 11.3. The molecule has 3 aromatic rings. The van der Waals surface area contributed by atoms with Crippen LogP contribution in [0.2, 0.25) is 0 Å². The van der Waals surface area contributed by atoms with E-state index in [1.165, 1.54) is 20.5 Å². The Morgan fingerprint density at radius 1 is 0.970 bits per heavy atom. The van der Waals surface area contributed by atoms with Crippen molar-refractivity contribution < 1.29 is 22.5 Å². The van der Waals surface area contributed by atoms with Crippen molar-refractivity contribution in [1.82, 2.24) is 0 Å². The second-order valence-electron chi connectivity index (χ2n) is 9.59. The number of thiophene rings is 1. The minimum Gasteiger partial charge on any atom is -0.748 e. The summed E-state index contributed by atoms with van der Waals surface area (Å²) in [5, 5.41) is 3.70. The summed E-state index contributed by atoms with van der Waals surface area (Å²) in [6.45, 7) is 11.6. The molecule has 1 heterocycles. The van der Waals surface area contributed by atoms with Crippen molar-refractivity contribution in [3.63, 3.8) is 0 Å². The summed E-state index contributed by atoms with van der Waals surface area (Å²) in [6.07, 6.45) is 0.593. The molecule has 0 spiro atoms. The zero-order valence-corrected chi connectivity index (χ0v) is 21.9. The van der Waals surface area contributed by atoms with Crippen LogP contribution in [0.4, 0.5) is 0 Å². The quantitative estimate of drug-likeness (QED) is 0.227. The summed E-state index contributed by atoms with van der Waals surface area (Å²) in [7, 11) is -4.18. The van der Waals surface area contributed by atoms with Crippen molar-refractivity contribution in [1.29, 1.82) is 0 Å². The minimum atomic E-state index is -4.30. The maximum atomic E-state index is 11.3. The third-order valence-corrected chi connectivity index (χ3v) is 8.22. The molecule has 2 aromatic carbocycles. The van der Waals surface area contributed by atoms with E-state index in [2.05, 4.69) is 85.5 Å². The standard InChI is InChI=1S/C18H19S.C8H16O5S/c1-18(2,3)15-8-10-16(11-9-15)19-13-12-14-6-4-5-7-17(14)19;1-4-8(2,3)7(9)13-5-6-14(10,11)12/h4-13H,1-3H3;4-6H2,1-3H3,(H,10,11,12)/q+1;/p-1. The van der Waals surface area contributed by atoms with Crippen LogP contribution in [0.5, 0.6) is 0 Å². The number of benzene rings is 2. The van der Waals surface area contributed by atoms with E-state index in [1.54, 1.807) is 13.8 Å². The molecule has 0 aliphatic rings. The van der Waals surface area contributed by atoms with Gasteiger partial charge < -0.3 is 9.29 Å². The topological polar surface area (TPSA) is 83.5 Å². The van der Waals surface area contributed by atoms with Crippen molar-refractivity contribution in [3.8, 4) is 4.90 Å². The monoisotopic (exact) mass is 490 g/mol. The van der Waals surface area contributed by atoms with Crippen LogP contribution < -0.4 is 0 Å². The Morgan fingerprint density at radius 2 is 1.58 bits per heavy atom. The average molecular weight is 491 g/mol. The summed E-state index contributed by atoms with van der Waals surface area (Å²) >= 11 is 0. The molecule has 5 nitrogen and oxygen atoms in total. The number of ether oxygens (including phenoxy) is 1. The maximum Gasteiger partial charge on any atom is 0.311 e. The molecule has 1 atom stereocenters. The molecule has 0 saturated heterocycles. The van der Waals surface area contributed by atoms with Gasteiger partial charge in [0.15, 0.2) is 9.60 Å². The SMILES string of the molecule is CC(C)(C)c1ccc(-[s+]2ccc3ccccc32)cc1.CCC(C)(C)C(=O)OCCS(=O)(=O)[O-]. The number of esters is 1. The second kappa shape index (κ2) is 10.8. The number of rotatable bonds is 6. The zero-order valence-electron chi connectivity index (χ0n) is 20.3. The molecule has 0 aliphatic heterocycles. The number of hydrogen-bond donors (Lipinski definition) is 0. The summed E-state index contributed by atoms with van der Waals surface area (Å²) in [5.74, 6) is -1.15. The fourth-order valence-electron chi connectivity index (χ4n) is 2.92. The Balaban J connectivity index is 0.000000248. The van der Waals surface area contributed by atoms with Crippen molar-refractivity contribution >= 4 is 36.6 Å². The third-order valence-electron chi connectivity index (χ3n) is 5.52. The van der Waals surface area contributed by atoms with E-state index in [1.807, 2.05) is 6.92 Å². The molecule has 180 valence electrons. The van der Waals surface area contributed by atoms with Gasteiger partial charge in [-0.1, -0.05) is 52.0 Å². The Morgan fingerprint density at radius 3 is 2.12 bits per heavy atom. The molecule has 3 rings (SSSR count). The van der Waals surface area contributed by atoms with E-state index >= 15 is 0 Å². The van der Waals surface area contributed by atoms with Crippen LogP contribution in [0.15, 0.2) is 60.0 Å². The van der Waals surface area contributed by atoms with Crippen molar-refractivity contribution in [2.45, 2.75) is 53.4 Å². The first-order chi connectivity index (χ1) is 15.2. The van der Waals surface area contributed by atoms with Gasteiger partial charge in [0.25, 0.3) is 0 Å². The molecule has 0 N–H and O–H groups in total. The molecule has 0 radical (unpaired) electrons. The van der Waals surface area contributed by atoms with Gasteiger partial charge in [0, 0.05) is 21.9 Å². The fourth-order valence-corrected chi connectivity index (χ4v) is 5.09. The number of carbonyl (C=O) groups is 1.